The minimum Gasteiger partial charge on any atom is -0.508 e. The van der Waals surface area contributed by atoms with Gasteiger partial charge in [-0.1, -0.05) is 18.2 Å². The summed E-state index contributed by atoms with van der Waals surface area (Å²) in [7, 11) is 1.48. The lowest BCUT2D eigenvalue weighted by Crippen LogP contribution is -2.64. The number of benzene rings is 4. The molecule has 9 rings (SSSR count). The number of nitrogens with two attached hydrogens (primary N) is 2. The number of H-pyrrole nitrogens is 2. The Morgan fingerprint density at radius 2 is 1.30 bits per heavy atom. The van der Waals surface area contributed by atoms with Crippen molar-refractivity contribution in [3.8, 4) is 11.5 Å². The molecule has 4 aromatic carbocycles. The molecule has 3 aliphatic rings. The number of hydrogen-bond acceptors (Lipinski definition) is 16. The number of phenols is 1. The molecule has 3 aliphatic heterocycles. The maximum Gasteiger partial charge on any atom is 0.246 e. The molecule has 2 fully saturated rings. The van der Waals surface area contributed by atoms with Crippen molar-refractivity contribution in [2.24, 2.45) is 11.5 Å². The number of phenolic OH excluding ortho intramolecular Hbond substituents is 1. The fraction of sp³-hybridized carbons (Fsp3) is 0.457. The number of nitrogens with one attached hydrogen (secondary N) is 9. The molecule has 5 heterocycles. The third kappa shape index (κ3) is 19.0. The topological polar surface area (TPSA) is 395 Å². The van der Waals surface area contributed by atoms with Gasteiger partial charge in [-0.2, -0.15) is 23.5 Å². The molecule has 0 aliphatic carbocycles. The third-order valence-electron chi connectivity index (χ3n) is 18.4. The summed E-state index contributed by atoms with van der Waals surface area (Å²) in [5.74, 6) is -7.81. The summed E-state index contributed by atoms with van der Waals surface area (Å²) in [6.45, 7) is 4.45. The van der Waals surface area contributed by atoms with Crippen LogP contribution in [0.3, 0.4) is 0 Å². The molecule has 100 heavy (non-hydrogen) atoms. The number of methoxy groups -OCH3 is 1. The Labute approximate surface area is 585 Å². The lowest BCUT2D eigenvalue weighted by Gasteiger charge is -2.37. The first-order chi connectivity index (χ1) is 47.8. The van der Waals surface area contributed by atoms with Crippen LogP contribution in [0.15, 0.2) is 91.3 Å². The zero-order chi connectivity index (χ0) is 71.9. The highest BCUT2D eigenvalue weighted by molar-refractivity contribution is 7.98. The zero-order valence-corrected chi connectivity index (χ0v) is 57.7. The van der Waals surface area contributed by atoms with E-state index in [9.17, 15) is 48.2 Å². The van der Waals surface area contributed by atoms with Gasteiger partial charge in [0.15, 0.2) is 0 Å². The van der Waals surface area contributed by atoms with Crippen LogP contribution in [0.25, 0.3) is 21.8 Å². The molecule has 0 unspecified atom stereocenters. The van der Waals surface area contributed by atoms with E-state index in [1.54, 1.807) is 36.4 Å². The molecule has 6 aromatic rings. The van der Waals surface area contributed by atoms with E-state index >= 15 is 18.8 Å². The van der Waals surface area contributed by atoms with Gasteiger partial charge < -0.3 is 83.4 Å². The van der Waals surface area contributed by atoms with E-state index in [0.717, 1.165) is 0 Å². The van der Waals surface area contributed by atoms with Gasteiger partial charge in [0.2, 0.25) is 59.1 Å². The monoisotopic (exact) mass is 1420 g/mol. The number of aromatic hydroxyl groups is 1. The minimum atomic E-state index is -1.77. The van der Waals surface area contributed by atoms with Gasteiger partial charge in [-0.25, -0.2) is 8.78 Å². The van der Waals surface area contributed by atoms with Crippen molar-refractivity contribution >= 4 is 104 Å². The molecule has 15 N–H and O–H groups in total. The van der Waals surface area contributed by atoms with Gasteiger partial charge in [0.1, 0.15) is 77.0 Å². The summed E-state index contributed by atoms with van der Waals surface area (Å²) in [6, 6.07) is 8.16. The second-order valence-electron chi connectivity index (χ2n) is 25.8. The number of rotatable bonds is 13. The number of nitrogens with zero attached hydrogens (tertiary/aromatic N) is 2. The number of hydrogen-bond donors (Lipinski definition) is 13. The fourth-order valence-corrected chi connectivity index (χ4v) is 14.8. The van der Waals surface area contributed by atoms with E-state index in [1.807, 2.05) is 6.07 Å². The molecular formula is C70H87F2N13O13S2. The SMILES string of the molecule is COc1ccc(C[C@@H]2NC(=O)[C@H]([C@@H](C)O)NC(=O)[C@@H]3CCCN3C(=O)[C@H](Cc3c[nH]c4ccc(F)cc34)NC(=O)[C@H](Cc3c[nH]c4ccc(F)cc34)NC(=O)[C@@H](C)NC(=O)[C@H](CCCCN)NC(=O)CCSCc3cc(O)cc(c3)CSC[C@@H](C(N)=O)NC(=O)[C@]3(C)CCCN3C2=O)cc1. The summed E-state index contributed by atoms with van der Waals surface area (Å²) in [5.41, 5.74) is 13.8. The Hall–Kier alpha value is -9.26. The van der Waals surface area contributed by atoms with Crippen molar-refractivity contribution in [1.82, 2.24) is 57.0 Å². The standard InChI is InChI=1S/C70H87F2N13O13S2/c1-38-62(90)79-54(29-43-33-75-51-17-13-45(71)31-49(43)51)64(92)80-56(30-44-34-76-52-18-14-46(72)32-50(44)52)67(95)84-22-7-10-58(84)65(93)83-60(39(2)86)66(94)81-55(28-40-11-15-48(98-4)16-12-40)68(96)85-23-8-20-70(85,3)69(97)82-57(61(74)89)37-100-36-42-25-41(26-47(87)27-42)35-99-24-19-59(88)78-53(63(91)77-38)9-5-6-21-73/h11-18,25-27,31-34,38-39,53-58,60,75-76,86-87H,5-10,19-24,28-30,35-37,73H2,1-4H3,(H2,74,89)(H,77,91)(H,78,88)(H,79,90)(H,80,92)(H,81,94)(H,82,97)(H,83,93)/t38-,39-,53+,54+,55+,56+,57+,58+,60+,70+/m1/s1. The van der Waals surface area contributed by atoms with Crippen molar-refractivity contribution in [1.29, 1.82) is 0 Å². The lowest BCUT2D eigenvalue weighted by atomic mass is 9.95. The maximum absolute atomic E-state index is 15.4. The maximum atomic E-state index is 15.4. The fourth-order valence-electron chi connectivity index (χ4n) is 12.9. The van der Waals surface area contributed by atoms with E-state index < -0.39 is 131 Å². The molecule has 2 aromatic heterocycles. The van der Waals surface area contributed by atoms with Crippen LogP contribution in [0.5, 0.6) is 11.5 Å². The summed E-state index contributed by atoms with van der Waals surface area (Å²) in [5, 5.41) is 41.9. The van der Waals surface area contributed by atoms with Crippen LogP contribution in [0.1, 0.15) is 100.0 Å². The number of ether oxygens (including phenoxy) is 1. The number of primary amides is 1. The summed E-state index contributed by atoms with van der Waals surface area (Å²) < 4.78 is 35.3. The van der Waals surface area contributed by atoms with E-state index in [4.69, 9.17) is 16.2 Å². The van der Waals surface area contributed by atoms with Gasteiger partial charge in [0.25, 0.3) is 0 Å². The predicted octanol–water partition coefficient (Wildman–Crippen LogP) is 3.02. The molecule has 26 nitrogen and oxygen atoms in total. The molecule has 536 valence electrons. The second kappa shape index (κ2) is 34.2. The average Bonchev–Trinajstić information content (AvgIpc) is 1.58. The van der Waals surface area contributed by atoms with Crippen molar-refractivity contribution < 1.29 is 71.7 Å². The minimum absolute atomic E-state index is 0.00575. The highest BCUT2D eigenvalue weighted by atomic mass is 32.2. The molecule has 0 spiro atoms. The highest BCUT2D eigenvalue weighted by Crippen LogP contribution is 2.33. The van der Waals surface area contributed by atoms with Gasteiger partial charge in [-0.15, -0.1) is 0 Å². The number of halogens is 2. The first kappa shape index (κ1) is 75.0. The average molecular weight is 1420 g/mol. The summed E-state index contributed by atoms with van der Waals surface area (Å²) in [4.78, 5) is 154. The number of aromatic amines is 2. The number of unbranched alkanes of at least 4 members (excludes halogenated alkanes) is 1. The first-order valence-electron chi connectivity index (χ1n) is 33.4. The van der Waals surface area contributed by atoms with Crippen molar-refractivity contribution in [3.63, 3.8) is 0 Å². The summed E-state index contributed by atoms with van der Waals surface area (Å²) >= 11 is 2.64. The number of amides is 10. The summed E-state index contributed by atoms with van der Waals surface area (Å²) in [6.07, 6.45) is 2.46. The molecule has 0 saturated carbocycles. The van der Waals surface area contributed by atoms with Crippen LogP contribution in [0.4, 0.5) is 8.78 Å². The number of aliphatic hydroxyl groups excluding tert-OH is 1. The number of thioether (sulfide) groups is 2. The number of aromatic nitrogens is 2. The Balaban J connectivity index is 1.05. The largest absolute Gasteiger partial charge is 0.508 e. The quantitative estimate of drug-likeness (QED) is 0.0739. The van der Waals surface area contributed by atoms with E-state index in [2.05, 4.69) is 47.2 Å². The smallest absolute Gasteiger partial charge is 0.246 e. The molecule has 2 saturated heterocycles. The van der Waals surface area contributed by atoms with Gasteiger partial charge in [0.05, 0.1) is 13.2 Å². The molecule has 10 amide bonds. The molecule has 0 radical (unpaired) electrons. The zero-order valence-electron chi connectivity index (χ0n) is 56.1. The van der Waals surface area contributed by atoms with Gasteiger partial charge in [-0.05, 0) is 161 Å². The molecule has 30 heteroatoms. The Morgan fingerprint density at radius 1 is 0.690 bits per heavy atom. The van der Waals surface area contributed by atoms with E-state index in [1.165, 1.54) is 110 Å². The van der Waals surface area contributed by atoms with E-state index in [-0.39, 0.29) is 87.5 Å². The van der Waals surface area contributed by atoms with Gasteiger partial charge in [-0.3, -0.25) is 47.9 Å². The molecular weight excluding hydrogens is 1330 g/mol. The van der Waals surface area contributed by atoms with Gasteiger partial charge in [0, 0.05) is 96.0 Å². The van der Waals surface area contributed by atoms with Crippen molar-refractivity contribution in [2.75, 3.05) is 38.2 Å². The Morgan fingerprint density at radius 3 is 1.93 bits per heavy atom. The lowest BCUT2D eigenvalue weighted by molar-refractivity contribution is -0.147. The number of aliphatic hydroxyl groups is 1. The van der Waals surface area contributed by atoms with Crippen LogP contribution in [-0.2, 0) is 78.7 Å². The Bertz CT molecular complexity index is 3990. The highest BCUT2D eigenvalue weighted by Gasteiger charge is 2.49. The normalized spacial score (nSPS) is 24.6. The molecule has 10 atom stereocenters. The van der Waals surface area contributed by atoms with Crippen LogP contribution >= 0.6 is 23.5 Å². The van der Waals surface area contributed by atoms with Gasteiger partial charge >= 0.3 is 0 Å². The number of carbonyl (C=O) groups excluding carboxylic acids is 10. The third-order valence-corrected chi connectivity index (χ3v) is 20.5. The van der Waals surface area contributed by atoms with Crippen molar-refractivity contribution in [2.45, 2.75) is 163 Å². The van der Waals surface area contributed by atoms with Crippen LogP contribution in [0, 0.1) is 11.6 Å². The first-order valence-corrected chi connectivity index (χ1v) is 35.7. The predicted molar refractivity (Wildman–Crippen MR) is 373 cm³/mol. The van der Waals surface area contributed by atoms with Crippen molar-refractivity contribution in [3.05, 3.63) is 131 Å². The van der Waals surface area contributed by atoms with Crippen LogP contribution in [-0.4, -0.2) is 187 Å². The molecule has 2 bridgehead atoms. The van der Waals surface area contributed by atoms with E-state index in [0.29, 0.717) is 86.9 Å². The number of carbonyl (C=O) groups is 10. The second-order valence-corrected chi connectivity index (χ2v) is 28.0. The Kier molecular flexibility index (Phi) is 25.6. The van der Waals surface area contributed by atoms with Crippen LogP contribution < -0.4 is 53.4 Å². The van der Waals surface area contributed by atoms with Crippen LogP contribution in [0.2, 0.25) is 0 Å². The number of fused-ring (bicyclic) bond motifs is 6.